The second-order valence-electron chi connectivity index (χ2n) is 7.64. The van der Waals surface area contributed by atoms with Gasteiger partial charge in [-0.15, -0.1) is 0 Å². The number of nitrogens with two attached hydrogens (primary N) is 1. The number of aromatic nitrogens is 2. The molecule has 1 fully saturated rings. The third-order valence-corrected chi connectivity index (χ3v) is 5.80. The van der Waals surface area contributed by atoms with Gasteiger partial charge in [-0.1, -0.05) is 0 Å². The number of hydrogen-bond acceptors (Lipinski definition) is 6. The average Bonchev–Trinajstić information content (AvgIpc) is 3.44. The van der Waals surface area contributed by atoms with E-state index in [0.717, 1.165) is 0 Å². The van der Waals surface area contributed by atoms with Gasteiger partial charge in [-0.3, -0.25) is 14.5 Å². The number of rotatable bonds is 5. The van der Waals surface area contributed by atoms with Crippen molar-refractivity contribution in [2.75, 3.05) is 36.6 Å². The predicted octanol–water partition coefficient (Wildman–Crippen LogP) is 2.14. The van der Waals surface area contributed by atoms with Crippen molar-refractivity contribution in [2.45, 2.75) is 6.42 Å². The van der Waals surface area contributed by atoms with E-state index in [1.807, 2.05) is 0 Å². The number of fused-ring (bicyclic) bond motifs is 1. The highest BCUT2D eigenvalue weighted by Crippen LogP contribution is 2.30. The summed E-state index contributed by atoms with van der Waals surface area (Å²) in [4.78, 5) is 40.6. The van der Waals surface area contributed by atoms with E-state index in [1.54, 1.807) is 60.5 Å². The van der Waals surface area contributed by atoms with Gasteiger partial charge < -0.3 is 20.1 Å². The van der Waals surface area contributed by atoms with E-state index < -0.39 is 5.91 Å². The van der Waals surface area contributed by atoms with Gasteiger partial charge in [-0.25, -0.2) is 9.48 Å². The first-order valence-electron chi connectivity index (χ1n) is 10.4. The van der Waals surface area contributed by atoms with E-state index >= 15 is 0 Å². The molecule has 10 nitrogen and oxygen atoms in total. The molecule has 0 bridgehead atoms. The van der Waals surface area contributed by atoms with Crippen LogP contribution in [-0.4, -0.2) is 54.5 Å². The van der Waals surface area contributed by atoms with Crippen molar-refractivity contribution in [1.29, 1.82) is 0 Å². The van der Waals surface area contributed by atoms with Gasteiger partial charge in [0.25, 0.3) is 11.8 Å². The van der Waals surface area contributed by atoms with Crippen LogP contribution in [-0.2, 0) is 11.2 Å². The summed E-state index contributed by atoms with van der Waals surface area (Å²) in [6.45, 7) is 1.21. The Kier molecular flexibility index (Phi) is 4.97. The van der Waals surface area contributed by atoms with Crippen LogP contribution in [0.5, 0.6) is 5.75 Å². The molecule has 0 atom stereocenters. The van der Waals surface area contributed by atoms with E-state index in [-0.39, 0.29) is 17.7 Å². The number of ether oxygens (including phenoxy) is 2. The minimum atomic E-state index is -0.679. The average molecular weight is 447 g/mol. The molecule has 3 heterocycles. The van der Waals surface area contributed by atoms with Crippen molar-refractivity contribution >= 4 is 29.3 Å². The highest BCUT2D eigenvalue weighted by Gasteiger charge is 2.34. The van der Waals surface area contributed by atoms with Gasteiger partial charge in [-0.2, -0.15) is 5.10 Å². The fourth-order valence-electron chi connectivity index (χ4n) is 4.15. The first-order chi connectivity index (χ1) is 16.0. The van der Waals surface area contributed by atoms with Crippen LogP contribution in [0, 0.1) is 0 Å². The monoisotopic (exact) mass is 447 g/mol. The summed E-state index contributed by atoms with van der Waals surface area (Å²) in [5.74, 6) is -0.313. The Hall–Kier alpha value is -4.34. The van der Waals surface area contributed by atoms with Crippen LogP contribution in [0.2, 0.25) is 0 Å². The van der Waals surface area contributed by atoms with Gasteiger partial charge in [-0.05, 0) is 55.0 Å². The number of cyclic esters (lactones) is 1. The molecule has 0 spiro atoms. The highest BCUT2D eigenvalue weighted by molar-refractivity contribution is 6.09. The number of nitrogens with zero attached hydrogens (tertiary/aromatic N) is 4. The van der Waals surface area contributed by atoms with E-state index in [2.05, 4.69) is 5.10 Å². The molecule has 33 heavy (non-hydrogen) atoms. The molecule has 1 saturated heterocycles. The van der Waals surface area contributed by atoms with Gasteiger partial charge in [0.05, 0.1) is 19.3 Å². The Morgan fingerprint density at radius 3 is 2.18 bits per heavy atom. The topological polar surface area (TPSA) is 120 Å². The Bertz CT molecular complexity index is 1250. The minimum absolute atomic E-state index is 0.0942. The molecule has 3 aromatic rings. The number of anilines is 2. The van der Waals surface area contributed by atoms with Crippen molar-refractivity contribution in [1.82, 2.24) is 9.78 Å². The maximum absolute atomic E-state index is 13.6. The SMILES string of the molecule is COc1ccc(-n2nc(C(N)=O)c3c2C(=O)N(c2ccc(N4CCOC4=O)cc2)CC3)cc1. The van der Waals surface area contributed by atoms with Crippen LogP contribution in [0.4, 0.5) is 16.2 Å². The van der Waals surface area contributed by atoms with Gasteiger partial charge in [0, 0.05) is 23.5 Å². The van der Waals surface area contributed by atoms with E-state index in [9.17, 15) is 14.4 Å². The van der Waals surface area contributed by atoms with Gasteiger partial charge in [0.1, 0.15) is 18.1 Å². The molecule has 3 amide bonds. The number of benzene rings is 2. The Balaban J connectivity index is 1.51. The molecule has 0 radical (unpaired) electrons. The third-order valence-electron chi connectivity index (χ3n) is 5.80. The van der Waals surface area contributed by atoms with Gasteiger partial charge >= 0.3 is 6.09 Å². The summed E-state index contributed by atoms with van der Waals surface area (Å²) in [5, 5.41) is 4.37. The number of amides is 3. The van der Waals surface area contributed by atoms with Crippen molar-refractivity contribution < 1.29 is 23.9 Å². The quantitative estimate of drug-likeness (QED) is 0.640. The van der Waals surface area contributed by atoms with Crippen molar-refractivity contribution in [3.63, 3.8) is 0 Å². The summed E-state index contributed by atoms with van der Waals surface area (Å²) in [7, 11) is 1.56. The van der Waals surface area contributed by atoms with Crippen LogP contribution in [0.25, 0.3) is 5.69 Å². The largest absolute Gasteiger partial charge is 0.497 e. The molecule has 5 rings (SSSR count). The standard InChI is InChI=1S/C23H21N5O5/c1-32-17-8-6-16(7-9-17)28-20-18(19(25-28)21(24)29)10-11-26(22(20)30)14-2-4-15(5-3-14)27-12-13-33-23(27)31/h2-9H,10-13H2,1H3,(H2,24,29). The molecule has 0 unspecified atom stereocenters. The van der Waals surface area contributed by atoms with Crippen LogP contribution < -0.4 is 20.3 Å². The third kappa shape index (κ3) is 3.45. The van der Waals surface area contributed by atoms with Crippen molar-refractivity contribution in [2.24, 2.45) is 5.73 Å². The number of carbonyl (C=O) groups is 3. The zero-order valence-corrected chi connectivity index (χ0v) is 17.9. The fraction of sp³-hybridized carbons (Fsp3) is 0.217. The molecule has 1 aromatic heterocycles. The summed E-state index contributed by atoms with van der Waals surface area (Å²) >= 11 is 0. The number of hydrogen-bond donors (Lipinski definition) is 1. The lowest BCUT2D eigenvalue weighted by Gasteiger charge is -2.28. The molecule has 2 aromatic carbocycles. The second-order valence-corrected chi connectivity index (χ2v) is 7.64. The molecule has 0 saturated carbocycles. The Morgan fingerprint density at radius 2 is 1.61 bits per heavy atom. The first kappa shape index (κ1) is 20.6. The molecular formula is C23H21N5O5. The molecule has 0 aliphatic carbocycles. The smallest absolute Gasteiger partial charge is 0.414 e. The number of carbonyl (C=O) groups excluding carboxylic acids is 3. The number of primary amides is 1. The van der Waals surface area contributed by atoms with E-state index in [0.29, 0.717) is 60.2 Å². The molecular weight excluding hydrogens is 426 g/mol. The summed E-state index contributed by atoms with van der Waals surface area (Å²) < 4.78 is 11.6. The van der Waals surface area contributed by atoms with Crippen molar-refractivity contribution in [3.8, 4) is 11.4 Å². The molecule has 2 aliphatic heterocycles. The van der Waals surface area contributed by atoms with Gasteiger partial charge in [0.15, 0.2) is 5.69 Å². The maximum Gasteiger partial charge on any atom is 0.414 e. The second kappa shape index (κ2) is 7.97. The molecule has 2 aliphatic rings. The molecule has 10 heteroatoms. The van der Waals surface area contributed by atoms with Crippen LogP contribution >= 0.6 is 0 Å². The lowest BCUT2D eigenvalue weighted by atomic mass is 10.0. The van der Waals surface area contributed by atoms with Gasteiger partial charge in [0.2, 0.25) is 0 Å². The zero-order chi connectivity index (χ0) is 23.1. The van der Waals surface area contributed by atoms with E-state index in [4.69, 9.17) is 15.2 Å². The zero-order valence-electron chi connectivity index (χ0n) is 17.9. The summed E-state index contributed by atoms with van der Waals surface area (Å²) in [6, 6.07) is 14.1. The summed E-state index contributed by atoms with van der Waals surface area (Å²) in [6.07, 6.45) is 0.0409. The lowest BCUT2D eigenvalue weighted by molar-refractivity contribution is 0.0972. The predicted molar refractivity (Wildman–Crippen MR) is 119 cm³/mol. The van der Waals surface area contributed by atoms with Crippen LogP contribution in [0.1, 0.15) is 26.5 Å². The van der Waals surface area contributed by atoms with Crippen LogP contribution in [0.3, 0.4) is 0 Å². The molecule has 168 valence electrons. The highest BCUT2D eigenvalue weighted by atomic mass is 16.6. The fourth-order valence-corrected chi connectivity index (χ4v) is 4.15. The first-order valence-corrected chi connectivity index (χ1v) is 10.4. The lowest BCUT2D eigenvalue weighted by Crippen LogP contribution is -2.39. The summed E-state index contributed by atoms with van der Waals surface area (Å²) in [5.41, 5.74) is 8.46. The maximum atomic E-state index is 13.6. The van der Waals surface area contributed by atoms with Crippen LogP contribution in [0.15, 0.2) is 48.5 Å². The Labute approximate surface area is 189 Å². The van der Waals surface area contributed by atoms with Crippen molar-refractivity contribution in [3.05, 3.63) is 65.5 Å². The number of methoxy groups -OCH3 is 1. The molecule has 2 N–H and O–H groups in total. The normalized spacial score (nSPS) is 15.4. The Morgan fingerprint density at radius 1 is 0.970 bits per heavy atom. The minimum Gasteiger partial charge on any atom is -0.497 e. The van der Waals surface area contributed by atoms with E-state index in [1.165, 1.54) is 9.58 Å².